The van der Waals surface area contributed by atoms with Crippen LogP contribution in [0, 0.1) is 0 Å². The van der Waals surface area contributed by atoms with Gasteiger partial charge in [0.05, 0.1) is 0 Å². The summed E-state index contributed by atoms with van der Waals surface area (Å²) in [6, 6.07) is 0. The zero-order chi connectivity index (χ0) is 9.78. The molecule has 0 rings (SSSR count). The van der Waals surface area contributed by atoms with E-state index in [1.54, 1.807) is 6.92 Å². The maximum Gasteiger partial charge on any atom is 0.303 e. The molecule has 0 spiro atoms. The quantitative estimate of drug-likeness (QED) is 0.415. The van der Waals surface area contributed by atoms with E-state index < -0.39 is 3.79 Å². The Hall–Kier alpha value is 0.0800. The lowest BCUT2D eigenvalue weighted by atomic mass is 10.3. The van der Waals surface area contributed by atoms with Crippen LogP contribution in [0.2, 0.25) is 0 Å². The van der Waals surface area contributed by atoms with Crippen molar-refractivity contribution in [3.63, 3.8) is 0 Å². The molecule has 0 N–H and O–H groups in total. The number of halogens is 3. The summed E-state index contributed by atoms with van der Waals surface area (Å²) in [6.45, 7) is 2.99. The Balaban J connectivity index is 3.91. The van der Waals surface area contributed by atoms with E-state index in [9.17, 15) is 4.79 Å². The first-order valence-electron chi connectivity index (χ1n) is 3.24. The van der Waals surface area contributed by atoms with Crippen molar-refractivity contribution in [3.05, 3.63) is 12.2 Å². The number of carbonyl (C=O) groups is 1. The number of ether oxygens (including phenoxy) is 1. The number of rotatable bonds is 2. The van der Waals surface area contributed by atoms with Crippen LogP contribution < -0.4 is 0 Å². The predicted octanol–water partition coefficient (Wildman–Crippen LogP) is 2.86. The van der Waals surface area contributed by atoms with Gasteiger partial charge < -0.3 is 4.74 Å². The van der Waals surface area contributed by atoms with Gasteiger partial charge in [-0.2, -0.15) is 0 Å². The predicted molar refractivity (Wildman–Crippen MR) is 50.7 cm³/mol. The molecule has 0 aromatic heterocycles. The van der Waals surface area contributed by atoms with Gasteiger partial charge in [-0.1, -0.05) is 34.8 Å². The Morgan fingerprint density at radius 3 is 2.33 bits per heavy atom. The van der Waals surface area contributed by atoms with Gasteiger partial charge in [0.2, 0.25) is 3.79 Å². The number of esters is 1. The molecule has 0 aromatic carbocycles. The number of hydrogen-bond acceptors (Lipinski definition) is 2. The molecular formula is C7H9Cl3O2. The largest absolute Gasteiger partial charge is 0.459 e. The van der Waals surface area contributed by atoms with Crippen molar-refractivity contribution in [3.8, 4) is 0 Å². The molecular weight excluding hydrogens is 222 g/mol. The van der Waals surface area contributed by atoms with Crippen molar-refractivity contribution in [1.29, 1.82) is 0 Å². The van der Waals surface area contributed by atoms with Gasteiger partial charge in [0.25, 0.3) is 0 Å². The van der Waals surface area contributed by atoms with Gasteiger partial charge in [-0.05, 0) is 19.1 Å². The van der Waals surface area contributed by atoms with Gasteiger partial charge >= 0.3 is 5.97 Å². The topological polar surface area (TPSA) is 26.3 Å². The van der Waals surface area contributed by atoms with Crippen molar-refractivity contribution in [1.82, 2.24) is 0 Å². The van der Waals surface area contributed by atoms with E-state index in [0.717, 1.165) is 0 Å². The molecule has 70 valence electrons. The second-order valence-electron chi connectivity index (χ2n) is 2.22. The van der Waals surface area contributed by atoms with Crippen molar-refractivity contribution < 1.29 is 9.53 Å². The Kier molecular flexibility index (Phi) is 4.98. The van der Waals surface area contributed by atoms with E-state index in [1.165, 1.54) is 19.1 Å². The highest BCUT2D eigenvalue weighted by atomic mass is 35.6. The summed E-state index contributed by atoms with van der Waals surface area (Å²) in [6.07, 6.45) is 2.47. The van der Waals surface area contributed by atoms with E-state index in [0.29, 0.717) is 0 Å². The van der Waals surface area contributed by atoms with Crippen LogP contribution in [0.25, 0.3) is 0 Å². The fourth-order valence-electron chi connectivity index (χ4n) is 0.546. The summed E-state index contributed by atoms with van der Waals surface area (Å²) in [4.78, 5) is 10.4. The van der Waals surface area contributed by atoms with E-state index in [1.807, 2.05) is 0 Å². The Morgan fingerprint density at radius 2 is 2.00 bits per heavy atom. The van der Waals surface area contributed by atoms with E-state index in [4.69, 9.17) is 39.5 Å². The van der Waals surface area contributed by atoms with Gasteiger partial charge in [-0.15, -0.1) is 0 Å². The lowest BCUT2D eigenvalue weighted by molar-refractivity contribution is -0.143. The molecule has 2 nitrogen and oxygen atoms in total. The van der Waals surface area contributed by atoms with Crippen molar-refractivity contribution in [2.45, 2.75) is 23.7 Å². The third kappa shape index (κ3) is 8.18. The van der Waals surface area contributed by atoms with Crippen LogP contribution in [0.5, 0.6) is 0 Å². The zero-order valence-electron chi connectivity index (χ0n) is 6.68. The molecule has 0 saturated carbocycles. The molecule has 1 unspecified atom stereocenters. The van der Waals surface area contributed by atoms with Crippen LogP contribution in [-0.2, 0) is 9.53 Å². The number of hydrogen-bond donors (Lipinski definition) is 0. The summed E-state index contributed by atoms with van der Waals surface area (Å²) in [5.41, 5.74) is 0. The van der Waals surface area contributed by atoms with Crippen LogP contribution in [-0.4, -0.2) is 15.9 Å². The molecule has 0 aliphatic rings. The standard InChI is InChI=1S/C7H9Cl3O2/c1-5(12-6(2)11)3-4-7(8,9)10/h3-5H,1-2H3. The monoisotopic (exact) mass is 230 g/mol. The molecule has 0 radical (unpaired) electrons. The third-order valence-corrected chi connectivity index (χ3v) is 1.29. The van der Waals surface area contributed by atoms with Gasteiger partial charge in [0, 0.05) is 6.92 Å². The molecule has 0 amide bonds. The molecule has 0 heterocycles. The molecule has 0 aromatic rings. The third-order valence-electron chi connectivity index (χ3n) is 0.908. The minimum absolute atomic E-state index is 0.364. The smallest absolute Gasteiger partial charge is 0.303 e. The fraction of sp³-hybridized carbons (Fsp3) is 0.571. The molecule has 1 atom stereocenters. The van der Waals surface area contributed by atoms with Gasteiger partial charge in [0.15, 0.2) is 0 Å². The summed E-state index contributed by atoms with van der Waals surface area (Å²) < 4.78 is 3.31. The maximum absolute atomic E-state index is 10.4. The highest BCUT2D eigenvalue weighted by Crippen LogP contribution is 2.27. The van der Waals surface area contributed by atoms with Crippen LogP contribution in [0.4, 0.5) is 0 Å². The average Bonchev–Trinajstić information content (AvgIpc) is 1.80. The van der Waals surface area contributed by atoms with Crippen LogP contribution >= 0.6 is 34.8 Å². The first-order valence-corrected chi connectivity index (χ1v) is 4.38. The van der Waals surface area contributed by atoms with Crippen molar-refractivity contribution >= 4 is 40.8 Å². The number of allylic oxidation sites excluding steroid dienone is 1. The second-order valence-corrected chi connectivity index (χ2v) is 4.58. The van der Waals surface area contributed by atoms with Gasteiger partial charge in [0.1, 0.15) is 6.10 Å². The molecule has 0 bridgehead atoms. The summed E-state index contributed by atoms with van der Waals surface area (Å²) >= 11 is 16.3. The van der Waals surface area contributed by atoms with E-state index >= 15 is 0 Å². The highest BCUT2D eigenvalue weighted by molar-refractivity contribution is 6.68. The minimum Gasteiger partial charge on any atom is -0.459 e. The highest BCUT2D eigenvalue weighted by Gasteiger charge is 2.14. The molecule has 5 heteroatoms. The summed E-state index contributed by atoms with van der Waals surface area (Å²) in [7, 11) is 0. The SMILES string of the molecule is CC(=O)OC(C)C=CC(Cl)(Cl)Cl. The molecule has 0 fully saturated rings. The van der Waals surface area contributed by atoms with Gasteiger partial charge in [-0.25, -0.2) is 0 Å². The summed E-state index contributed by atoms with van der Waals surface area (Å²) in [5, 5.41) is 0. The van der Waals surface area contributed by atoms with Gasteiger partial charge in [-0.3, -0.25) is 4.79 Å². The average molecular weight is 232 g/mol. The zero-order valence-corrected chi connectivity index (χ0v) is 8.95. The Morgan fingerprint density at radius 1 is 1.50 bits per heavy atom. The normalized spacial score (nSPS) is 14.8. The Bertz CT molecular complexity index is 184. The van der Waals surface area contributed by atoms with Crippen molar-refractivity contribution in [2.24, 2.45) is 0 Å². The number of carbonyl (C=O) groups excluding carboxylic acids is 1. The van der Waals surface area contributed by atoms with E-state index in [-0.39, 0.29) is 12.1 Å². The molecule has 0 aliphatic heterocycles. The number of alkyl halides is 3. The minimum atomic E-state index is -1.44. The van der Waals surface area contributed by atoms with E-state index in [2.05, 4.69) is 0 Å². The molecule has 0 saturated heterocycles. The molecule has 12 heavy (non-hydrogen) atoms. The van der Waals surface area contributed by atoms with Crippen LogP contribution in [0.15, 0.2) is 12.2 Å². The second kappa shape index (κ2) is 4.95. The molecule has 0 aliphatic carbocycles. The fourth-order valence-corrected chi connectivity index (χ4v) is 0.764. The van der Waals surface area contributed by atoms with Crippen LogP contribution in [0.3, 0.4) is 0 Å². The lowest BCUT2D eigenvalue weighted by Crippen LogP contribution is -2.10. The summed E-state index contributed by atoms with van der Waals surface area (Å²) in [5.74, 6) is -0.364. The Labute approximate surface area is 86.4 Å². The first kappa shape index (κ1) is 12.1. The van der Waals surface area contributed by atoms with Crippen LogP contribution in [0.1, 0.15) is 13.8 Å². The first-order chi connectivity index (χ1) is 5.31. The van der Waals surface area contributed by atoms with Crippen molar-refractivity contribution in [2.75, 3.05) is 0 Å². The maximum atomic E-state index is 10.4. The lowest BCUT2D eigenvalue weighted by Gasteiger charge is -2.08.